The van der Waals surface area contributed by atoms with E-state index in [1.807, 2.05) is 6.92 Å². The molecule has 1 rings (SSSR count). The summed E-state index contributed by atoms with van der Waals surface area (Å²) in [6.07, 6.45) is 2.64. The number of aromatic nitrogens is 2. The molecule has 1 aromatic rings. The van der Waals surface area contributed by atoms with Gasteiger partial charge < -0.3 is 4.74 Å². The third-order valence-electron chi connectivity index (χ3n) is 1.16. The Labute approximate surface area is 85.5 Å². The van der Waals surface area contributed by atoms with E-state index < -0.39 is 0 Å². The van der Waals surface area contributed by atoms with Gasteiger partial charge in [-0.3, -0.25) is 0 Å². The molecular weight excluding hydrogens is 213 g/mol. The van der Waals surface area contributed by atoms with Gasteiger partial charge in [0.1, 0.15) is 5.69 Å². The van der Waals surface area contributed by atoms with Crippen LogP contribution in [0.25, 0.3) is 0 Å². The molecule has 0 aliphatic carbocycles. The van der Waals surface area contributed by atoms with E-state index >= 15 is 0 Å². The maximum atomic E-state index is 5.75. The van der Waals surface area contributed by atoms with Crippen LogP contribution in [0.3, 0.4) is 0 Å². The van der Waals surface area contributed by atoms with Gasteiger partial charge in [0.15, 0.2) is 11.6 Å². The second-order valence-corrected chi connectivity index (χ2v) is 2.79. The normalized spacial score (nSPS) is 10.7. The minimum absolute atomic E-state index is 0.156. The topological polar surface area (TPSA) is 47.4 Å². The molecule has 13 heavy (non-hydrogen) atoms. The Morgan fingerprint density at radius 3 is 3.00 bits per heavy atom. The highest BCUT2D eigenvalue weighted by molar-refractivity contribution is 6.37. The first-order valence-electron chi connectivity index (χ1n) is 3.56. The summed E-state index contributed by atoms with van der Waals surface area (Å²) in [6.45, 7) is 2.39. The van der Waals surface area contributed by atoms with Crippen LogP contribution in [-0.2, 0) is 4.74 Å². The summed E-state index contributed by atoms with van der Waals surface area (Å²) in [7, 11) is 0. The van der Waals surface area contributed by atoms with Gasteiger partial charge in [0.2, 0.25) is 0 Å². The lowest BCUT2D eigenvalue weighted by Crippen LogP contribution is -1.86. The smallest absolute Gasteiger partial charge is 0.178 e. The molecule has 0 bridgehead atoms. The Hall–Kier alpha value is -0.870. The highest BCUT2D eigenvalue weighted by atomic mass is 35.5. The monoisotopic (exact) mass is 219 g/mol. The summed E-state index contributed by atoms with van der Waals surface area (Å²) in [6, 6.07) is 0. The molecule has 1 heterocycles. The van der Waals surface area contributed by atoms with Gasteiger partial charge in [-0.15, -0.1) is 5.10 Å². The number of hydrogen-bond acceptors (Lipinski definition) is 4. The first-order valence-corrected chi connectivity index (χ1v) is 4.32. The predicted molar refractivity (Wildman–Crippen MR) is 51.8 cm³/mol. The first kappa shape index (κ1) is 10.2. The van der Waals surface area contributed by atoms with E-state index in [0.717, 1.165) is 0 Å². The van der Waals surface area contributed by atoms with Crippen molar-refractivity contribution in [2.45, 2.75) is 6.92 Å². The van der Waals surface area contributed by atoms with Gasteiger partial charge >= 0.3 is 0 Å². The number of nitrogens with zero attached hydrogens (tertiary/aromatic N) is 3. The zero-order valence-corrected chi connectivity index (χ0v) is 8.38. The lowest BCUT2D eigenvalue weighted by Gasteiger charge is -1.97. The van der Waals surface area contributed by atoms with Crippen LogP contribution in [-0.4, -0.2) is 23.2 Å². The average molecular weight is 220 g/mol. The molecule has 0 fully saturated rings. The third-order valence-corrected chi connectivity index (χ3v) is 1.69. The summed E-state index contributed by atoms with van der Waals surface area (Å²) >= 11 is 11.4. The van der Waals surface area contributed by atoms with Gasteiger partial charge in [-0.2, -0.15) is 5.10 Å². The minimum Gasteiger partial charge on any atom is -0.483 e. The van der Waals surface area contributed by atoms with E-state index in [9.17, 15) is 0 Å². The Bertz CT molecular complexity index is 296. The van der Waals surface area contributed by atoms with Gasteiger partial charge in [-0.05, 0) is 6.92 Å². The lowest BCUT2D eigenvalue weighted by atomic mass is 10.5. The molecule has 0 radical (unpaired) electrons. The maximum Gasteiger partial charge on any atom is 0.178 e. The zero-order valence-electron chi connectivity index (χ0n) is 6.87. The SMILES string of the molecule is CCOC=Nc1c(Cl)cnnc1Cl. The number of ether oxygens (including phenoxy) is 1. The fourth-order valence-electron chi connectivity index (χ4n) is 0.617. The Kier molecular flexibility index (Phi) is 3.92. The standard InChI is InChI=1S/C7H7Cl2N3O/c1-2-13-4-10-6-5(8)3-11-12-7(6)9/h3-4H,2H2,1H3. The van der Waals surface area contributed by atoms with Gasteiger partial charge in [0.05, 0.1) is 17.8 Å². The Morgan fingerprint density at radius 1 is 1.62 bits per heavy atom. The van der Waals surface area contributed by atoms with Crippen molar-refractivity contribution in [1.29, 1.82) is 0 Å². The van der Waals surface area contributed by atoms with Crippen LogP contribution in [0.1, 0.15) is 6.92 Å². The Morgan fingerprint density at radius 2 is 2.38 bits per heavy atom. The highest BCUT2D eigenvalue weighted by Crippen LogP contribution is 2.29. The second-order valence-electron chi connectivity index (χ2n) is 2.02. The molecule has 0 unspecified atom stereocenters. The summed E-state index contributed by atoms with van der Waals surface area (Å²) in [5.41, 5.74) is 0.367. The van der Waals surface area contributed by atoms with Crippen molar-refractivity contribution in [1.82, 2.24) is 10.2 Å². The summed E-state index contributed by atoms with van der Waals surface area (Å²) in [5, 5.41) is 7.62. The molecule has 0 atom stereocenters. The van der Waals surface area contributed by atoms with Crippen LogP contribution in [0.4, 0.5) is 5.69 Å². The summed E-state index contributed by atoms with van der Waals surface area (Å²) in [5.74, 6) is 0. The van der Waals surface area contributed by atoms with E-state index in [0.29, 0.717) is 17.3 Å². The molecule has 0 amide bonds. The van der Waals surface area contributed by atoms with Crippen LogP contribution in [0.5, 0.6) is 0 Å². The fraction of sp³-hybridized carbons (Fsp3) is 0.286. The highest BCUT2D eigenvalue weighted by Gasteiger charge is 2.04. The number of aliphatic imine (C=N–C) groups is 1. The van der Waals surface area contributed by atoms with Crippen LogP contribution in [0.15, 0.2) is 11.2 Å². The summed E-state index contributed by atoms with van der Waals surface area (Å²) < 4.78 is 4.89. The van der Waals surface area contributed by atoms with E-state index in [4.69, 9.17) is 27.9 Å². The number of hydrogen-bond donors (Lipinski definition) is 0. The van der Waals surface area contributed by atoms with Crippen molar-refractivity contribution in [2.75, 3.05) is 6.61 Å². The Balaban J connectivity index is 2.87. The van der Waals surface area contributed by atoms with Crippen LogP contribution >= 0.6 is 23.2 Å². The van der Waals surface area contributed by atoms with E-state index in [1.54, 1.807) is 0 Å². The first-order chi connectivity index (χ1) is 6.25. The molecule has 0 saturated heterocycles. The van der Waals surface area contributed by atoms with E-state index in [2.05, 4.69) is 15.2 Å². The fourth-order valence-corrected chi connectivity index (χ4v) is 1.04. The molecule has 1 aromatic heterocycles. The largest absolute Gasteiger partial charge is 0.483 e. The van der Waals surface area contributed by atoms with Crippen LogP contribution in [0.2, 0.25) is 10.2 Å². The molecule has 0 saturated carbocycles. The van der Waals surface area contributed by atoms with Crippen molar-refractivity contribution in [3.8, 4) is 0 Å². The van der Waals surface area contributed by atoms with Crippen molar-refractivity contribution in [3.63, 3.8) is 0 Å². The average Bonchev–Trinajstić information content (AvgIpc) is 2.10. The van der Waals surface area contributed by atoms with Crippen molar-refractivity contribution in [2.24, 2.45) is 4.99 Å². The zero-order chi connectivity index (χ0) is 9.68. The van der Waals surface area contributed by atoms with Crippen molar-refractivity contribution >= 4 is 35.3 Å². The minimum atomic E-state index is 0.156. The van der Waals surface area contributed by atoms with Crippen LogP contribution < -0.4 is 0 Å². The molecule has 6 heteroatoms. The maximum absolute atomic E-state index is 5.75. The molecular formula is C7H7Cl2N3O. The molecule has 4 nitrogen and oxygen atoms in total. The number of halogens is 2. The molecule has 0 aromatic carbocycles. The van der Waals surface area contributed by atoms with Gasteiger partial charge in [0.25, 0.3) is 0 Å². The van der Waals surface area contributed by atoms with Gasteiger partial charge in [-0.1, -0.05) is 23.2 Å². The van der Waals surface area contributed by atoms with Crippen LogP contribution in [0, 0.1) is 0 Å². The third kappa shape index (κ3) is 2.82. The number of rotatable bonds is 3. The molecule has 70 valence electrons. The molecule has 0 aliphatic rings. The van der Waals surface area contributed by atoms with Crippen molar-refractivity contribution < 1.29 is 4.74 Å². The quantitative estimate of drug-likeness (QED) is 0.580. The summed E-state index contributed by atoms with van der Waals surface area (Å²) in [4.78, 5) is 3.88. The van der Waals surface area contributed by atoms with Gasteiger partial charge in [0, 0.05) is 0 Å². The predicted octanol–water partition coefficient (Wildman–Crippen LogP) is 2.48. The second kappa shape index (κ2) is 4.99. The van der Waals surface area contributed by atoms with Crippen molar-refractivity contribution in [3.05, 3.63) is 16.4 Å². The van der Waals surface area contributed by atoms with E-state index in [1.165, 1.54) is 12.6 Å². The van der Waals surface area contributed by atoms with E-state index in [-0.39, 0.29) is 5.15 Å². The van der Waals surface area contributed by atoms with Gasteiger partial charge in [-0.25, -0.2) is 4.99 Å². The lowest BCUT2D eigenvalue weighted by molar-refractivity contribution is 0.344. The molecule has 0 N–H and O–H groups in total. The molecule has 0 spiro atoms. The molecule has 0 aliphatic heterocycles.